The monoisotopic (exact) mass is 622 g/mol. The molecular formula is C33H39FN4O5S. The largest absolute Gasteiger partial charge is 0.447 e. The van der Waals surface area contributed by atoms with Gasteiger partial charge in [0, 0.05) is 5.41 Å². The number of aliphatic hydroxyl groups excluding tert-OH is 1. The quantitative estimate of drug-likeness (QED) is 0.308. The van der Waals surface area contributed by atoms with Gasteiger partial charge in [-0.3, -0.25) is 5.73 Å². The molecule has 3 saturated carbocycles. The Balaban J connectivity index is 1.36. The number of hydrogen-bond donors (Lipinski definition) is 3. The zero-order chi connectivity index (χ0) is 31.4. The average Bonchev–Trinajstić information content (AvgIpc) is 3.54. The van der Waals surface area contributed by atoms with E-state index in [-0.39, 0.29) is 43.1 Å². The van der Waals surface area contributed by atoms with Crippen molar-refractivity contribution in [1.82, 2.24) is 4.98 Å². The molecule has 4 aliphatic carbocycles. The van der Waals surface area contributed by atoms with Crippen LogP contribution in [-0.4, -0.2) is 46.2 Å². The number of aryl methyl sites for hydroxylation is 1. The molecule has 1 aromatic carbocycles. The maximum absolute atomic E-state index is 13.7. The number of benzene rings is 1. The molecule has 0 radical (unpaired) electrons. The molecular weight excluding hydrogens is 583 g/mol. The number of hydrogen-bond acceptors (Lipinski definition) is 10. The number of thiazole rings is 1. The maximum Gasteiger partial charge on any atom is 0.352 e. The van der Waals surface area contributed by atoms with Gasteiger partial charge in [0.2, 0.25) is 5.60 Å². The Hall–Kier alpha value is -3.41. The van der Waals surface area contributed by atoms with E-state index in [1.165, 1.54) is 29.0 Å². The van der Waals surface area contributed by atoms with Crippen molar-refractivity contribution >= 4 is 34.7 Å². The Morgan fingerprint density at radius 1 is 1.25 bits per heavy atom. The molecule has 0 aliphatic heterocycles. The summed E-state index contributed by atoms with van der Waals surface area (Å²) in [5.41, 5.74) is 14.5. The summed E-state index contributed by atoms with van der Waals surface area (Å²) in [5.74, 6) is -1.65. The van der Waals surface area contributed by atoms with Crippen molar-refractivity contribution in [3.8, 4) is 0 Å². The van der Waals surface area contributed by atoms with E-state index in [9.17, 15) is 19.1 Å². The highest BCUT2D eigenvalue weighted by molar-refractivity contribution is 7.11. The first-order chi connectivity index (χ1) is 21.0. The van der Waals surface area contributed by atoms with Crippen molar-refractivity contribution in [1.29, 1.82) is 0 Å². The molecule has 0 amide bonds. The molecule has 0 saturated heterocycles. The van der Waals surface area contributed by atoms with E-state index >= 15 is 0 Å². The molecule has 7 atom stereocenters. The third kappa shape index (κ3) is 4.62. The highest BCUT2D eigenvalue weighted by Crippen LogP contribution is 2.68. The number of ether oxygens (including phenoxy) is 2. The second-order valence-corrected chi connectivity index (χ2v) is 13.9. The van der Waals surface area contributed by atoms with Gasteiger partial charge < -0.3 is 20.3 Å². The minimum atomic E-state index is -1.59. The first-order valence-corrected chi connectivity index (χ1v) is 16.0. The zero-order valence-corrected chi connectivity index (χ0v) is 26.0. The SMILES string of the molecule is Cc1ncsc1C(=O)OC1(C(=O)OCN)CCC2C3CCC4=CC(=Nc5ccc(F)cc5)C(=CN)CC4(C)C3C(O)CC21C. The molecule has 5 N–H and O–H groups in total. The third-order valence-corrected chi connectivity index (χ3v) is 11.9. The lowest BCUT2D eigenvalue weighted by Gasteiger charge is -2.60. The number of aliphatic hydroxyl groups is 1. The fourth-order valence-corrected chi connectivity index (χ4v) is 9.69. The number of aliphatic imine (C=N–C) groups is 1. The number of nitrogens with zero attached hydrogens (tertiary/aromatic N) is 2. The highest BCUT2D eigenvalue weighted by Gasteiger charge is 2.71. The summed E-state index contributed by atoms with van der Waals surface area (Å²) in [6, 6.07) is 6.03. The second kappa shape index (κ2) is 11.2. The first kappa shape index (κ1) is 30.6. The molecule has 0 spiro atoms. The Bertz CT molecular complexity index is 1570. The number of rotatable bonds is 5. The molecule has 6 rings (SSSR count). The van der Waals surface area contributed by atoms with Crippen molar-refractivity contribution in [3.63, 3.8) is 0 Å². The van der Waals surface area contributed by atoms with E-state index in [1.807, 2.05) is 6.92 Å². The van der Waals surface area contributed by atoms with Crippen LogP contribution in [0.3, 0.4) is 0 Å². The number of allylic oxidation sites excluding steroid dienone is 3. The normalized spacial score (nSPS) is 36.3. The summed E-state index contributed by atoms with van der Waals surface area (Å²) in [5, 5.41) is 12.0. The van der Waals surface area contributed by atoms with Crippen molar-refractivity contribution in [3.05, 3.63) is 69.6 Å². The minimum absolute atomic E-state index is 0.00505. The number of nitrogens with two attached hydrogens (primary N) is 2. The molecule has 1 aromatic heterocycles. The topological polar surface area (TPSA) is 150 Å². The van der Waals surface area contributed by atoms with Crippen LogP contribution >= 0.6 is 11.3 Å². The van der Waals surface area contributed by atoms with Crippen LogP contribution in [-0.2, 0) is 14.3 Å². The highest BCUT2D eigenvalue weighted by atomic mass is 32.1. The summed E-state index contributed by atoms with van der Waals surface area (Å²) in [6.45, 7) is 5.54. The van der Waals surface area contributed by atoms with Crippen LogP contribution in [0.2, 0.25) is 0 Å². The lowest BCUT2D eigenvalue weighted by Crippen LogP contribution is -2.63. The predicted octanol–water partition coefficient (Wildman–Crippen LogP) is 5.10. The first-order valence-electron chi connectivity index (χ1n) is 15.1. The molecule has 9 nitrogen and oxygen atoms in total. The van der Waals surface area contributed by atoms with Gasteiger partial charge in [-0.15, -0.1) is 11.3 Å². The molecule has 44 heavy (non-hydrogen) atoms. The molecule has 3 fully saturated rings. The van der Waals surface area contributed by atoms with E-state index in [1.54, 1.807) is 30.8 Å². The minimum Gasteiger partial charge on any atom is -0.447 e. The maximum atomic E-state index is 13.7. The summed E-state index contributed by atoms with van der Waals surface area (Å²) < 4.78 is 25.1. The number of carbonyl (C=O) groups excluding carboxylic acids is 2. The summed E-state index contributed by atoms with van der Waals surface area (Å²) in [7, 11) is 0. The van der Waals surface area contributed by atoms with Gasteiger partial charge in [0.15, 0.2) is 0 Å². The van der Waals surface area contributed by atoms with Crippen molar-refractivity contribution in [2.75, 3.05) is 6.73 Å². The molecule has 234 valence electrons. The number of carbonyl (C=O) groups is 2. The van der Waals surface area contributed by atoms with Crippen LogP contribution in [0.25, 0.3) is 0 Å². The van der Waals surface area contributed by atoms with Gasteiger partial charge in [-0.2, -0.15) is 0 Å². The van der Waals surface area contributed by atoms with Gasteiger partial charge in [-0.25, -0.2) is 24.0 Å². The smallest absolute Gasteiger partial charge is 0.352 e. The van der Waals surface area contributed by atoms with Crippen molar-refractivity contribution in [2.45, 2.75) is 71.0 Å². The van der Waals surface area contributed by atoms with Crippen LogP contribution in [0, 0.1) is 41.3 Å². The van der Waals surface area contributed by atoms with Gasteiger partial charge in [-0.05, 0) is 111 Å². The number of halogens is 1. The van der Waals surface area contributed by atoms with Gasteiger partial charge in [-0.1, -0.05) is 19.4 Å². The lowest BCUT2D eigenvalue weighted by atomic mass is 9.45. The lowest BCUT2D eigenvalue weighted by molar-refractivity contribution is -0.199. The van der Waals surface area contributed by atoms with Crippen LogP contribution < -0.4 is 11.5 Å². The average molecular weight is 623 g/mol. The molecule has 4 aliphatic rings. The molecule has 7 unspecified atom stereocenters. The molecule has 1 heterocycles. The van der Waals surface area contributed by atoms with Gasteiger partial charge in [0.05, 0.1) is 28.7 Å². The summed E-state index contributed by atoms with van der Waals surface area (Å²) in [4.78, 5) is 36.5. The van der Waals surface area contributed by atoms with Gasteiger partial charge >= 0.3 is 11.9 Å². The Morgan fingerprint density at radius 2 is 2.00 bits per heavy atom. The molecule has 11 heteroatoms. The van der Waals surface area contributed by atoms with Crippen LogP contribution in [0.4, 0.5) is 10.1 Å². The fraction of sp³-hybridized carbons (Fsp3) is 0.515. The van der Waals surface area contributed by atoms with Crippen molar-refractivity contribution in [2.24, 2.45) is 45.0 Å². The van der Waals surface area contributed by atoms with E-state index in [0.29, 0.717) is 29.1 Å². The van der Waals surface area contributed by atoms with Gasteiger partial charge in [0.25, 0.3) is 0 Å². The van der Waals surface area contributed by atoms with Crippen LogP contribution in [0.5, 0.6) is 0 Å². The van der Waals surface area contributed by atoms with Gasteiger partial charge in [0.1, 0.15) is 17.4 Å². The fourth-order valence-electron chi connectivity index (χ4n) is 9.02. The third-order valence-electron chi connectivity index (χ3n) is 11.0. The van der Waals surface area contributed by atoms with E-state index < -0.39 is 34.5 Å². The summed E-state index contributed by atoms with van der Waals surface area (Å²) in [6.07, 6.45) is 6.25. The predicted molar refractivity (Wildman–Crippen MR) is 164 cm³/mol. The molecule has 0 bridgehead atoms. The Morgan fingerprint density at radius 3 is 2.66 bits per heavy atom. The van der Waals surface area contributed by atoms with Crippen molar-refractivity contribution < 1.29 is 28.6 Å². The standard InChI is InChI=1S/C33H39FN4O5S/c1-18-28(44-17-37-18)29(40)43-33(30(41)42-16-36)11-10-24-23-9-4-20-12-25(38-22-7-5-21(34)6-8-22)19(15-35)13-31(20,2)27(23)26(39)14-32(24,33)3/h5-8,12,15,17,23-24,26-27,39H,4,9-11,13-14,16,35-36H2,1-3H3. The van der Waals surface area contributed by atoms with Crippen LogP contribution in [0.15, 0.2) is 58.2 Å². The Kier molecular flexibility index (Phi) is 7.78. The molecule has 2 aromatic rings. The number of esters is 2. The summed E-state index contributed by atoms with van der Waals surface area (Å²) >= 11 is 1.17. The van der Waals surface area contributed by atoms with E-state index in [0.717, 1.165) is 24.1 Å². The Labute approximate surface area is 260 Å². The van der Waals surface area contributed by atoms with Crippen LogP contribution in [0.1, 0.15) is 67.7 Å². The van der Waals surface area contributed by atoms with E-state index in [2.05, 4.69) is 18.0 Å². The second-order valence-electron chi connectivity index (χ2n) is 13.1. The zero-order valence-electron chi connectivity index (χ0n) is 25.2. The number of fused-ring (bicyclic) bond motifs is 5. The number of aromatic nitrogens is 1. The van der Waals surface area contributed by atoms with E-state index in [4.69, 9.17) is 25.9 Å².